The van der Waals surface area contributed by atoms with Crippen molar-refractivity contribution in [3.05, 3.63) is 34.3 Å². The molecule has 2 rings (SSSR count). The predicted octanol–water partition coefficient (Wildman–Crippen LogP) is 0.0949. The number of carbonyl (C=O) groups is 1. The zero-order valence-corrected chi connectivity index (χ0v) is 10.3. The summed E-state index contributed by atoms with van der Waals surface area (Å²) in [6.07, 6.45) is 0. The molecule has 6 heteroatoms. The molecule has 0 spiro atoms. The van der Waals surface area contributed by atoms with E-state index in [0.717, 1.165) is 11.1 Å². The molecule has 0 aliphatic carbocycles. The fourth-order valence-corrected chi connectivity index (χ4v) is 1.64. The standard InChI is InChI=1S/C12H15N3O3/c1-7(13)11(16)14-6-8-3-4-9-10(5-8)18-12(17)15(9)2/h3-5,7H,6,13H2,1-2H3,(H,14,16). The number of hydrogen-bond acceptors (Lipinski definition) is 4. The average molecular weight is 249 g/mol. The van der Waals surface area contributed by atoms with Crippen LogP contribution in [0, 0.1) is 0 Å². The lowest BCUT2D eigenvalue weighted by molar-refractivity contribution is -0.122. The van der Waals surface area contributed by atoms with Gasteiger partial charge in [0.1, 0.15) is 0 Å². The topological polar surface area (TPSA) is 90.3 Å². The third-order valence-electron chi connectivity index (χ3n) is 2.74. The number of hydrogen-bond donors (Lipinski definition) is 2. The van der Waals surface area contributed by atoms with Crippen LogP contribution in [-0.4, -0.2) is 16.5 Å². The number of aryl methyl sites for hydroxylation is 1. The molecule has 1 unspecified atom stereocenters. The number of oxazole rings is 1. The van der Waals surface area contributed by atoms with E-state index in [9.17, 15) is 9.59 Å². The van der Waals surface area contributed by atoms with E-state index in [0.29, 0.717) is 12.1 Å². The second kappa shape index (κ2) is 4.66. The molecule has 0 saturated carbocycles. The number of fused-ring (bicyclic) bond motifs is 1. The molecule has 1 aromatic carbocycles. The van der Waals surface area contributed by atoms with Gasteiger partial charge in [0.2, 0.25) is 5.91 Å². The summed E-state index contributed by atoms with van der Waals surface area (Å²) in [6.45, 7) is 1.98. The predicted molar refractivity (Wildman–Crippen MR) is 67.0 cm³/mol. The van der Waals surface area contributed by atoms with Gasteiger partial charge in [-0.05, 0) is 24.6 Å². The Bertz CT molecular complexity index is 640. The molecule has 1 amide bonds. The first-order valence-corrected chi connectivity index (χ1v) is 5.61. The Hall–Kier alpha value is -2.08. The number of carbonyl (C=O) groups excluding carboxylic acids is 1. The maximum atomic E-state index is 11.3. The smallest absolute Gasteiger partial charge is 0.408 e. The van der Waals surface area contributed by atoms with E-state index in [-0.39, 0.29) is 5.91 Å². The second-order valence-corrected chi connectivity index (χ2v) is 4.24. The molecule has 0 saturated heterocycles. The Labute approximate surface area is 103 Å². The third kappa shape index (κ3) is 2.28. The van der Waals surface area contributed by atoms with Gasteiger partial charge >= 0.3 is 5.76 Å². The highest BCUT2D eigenvalue weighted by atomic mass is 16.4. The van der Waals surface area contributed by atoms with Crippen LogP contribution < -0.4 is 16.8 Å². The Morgan fingerprint density at radius 3 is 2.94 bits per heavy atom. The van der Waals surface area contributed by atoms with Crippen molar-refractivity contribution < 1.29 is 9.21 Å². The van der Waals surface area contributed by atoms with Gasteiger partial charge in [0, 0.05) is 13.6 Å². The molecule has 6 nitrogen and oxygen atoms in total. The largest absolute Gasteiger partial charge is 0.419 e. The van der Waals surface area contributed by atoms with Crippen LogP contribution in [0.4, 0.5) is 0 Å². The summed E-state index contributed by atoms with van der Waals surface area (Å²) in [4.78, 5) is 22.6. The van der Waals surface area contributed by atoms with Crippen molar-refractivity contribution in [2.45, 2.75) is 19.5 Å². The minimum atomic E-state index is -0.539. The molecule has 1 heterocycles. The summed E-state index contributed by atoms with van der Waals surface area (Å²) >= 11 is 0. The minimum absolute atomic E-state index is 0.218. The Balaban J connectivity index is 2.21. The summed E-state index contributed by atoms with van der Waals surface area (Å²) in [5.41, 5.74) is 7.52. The van der Waals surface area contributed by atoms with Gasteiger partial charge in [-0.25, -0.2) is 4.79 Å². The minimum Gasteiger partial charge on any atom is -0.408 e. The van der Waals surface area contributed by atoms with Crippen LogP contribution in [0.25, 0.3) is 11.1 Å². The first-order valence-electron chi connectivity index (χ1n) is 5.61. The zero-order valence-electron chi connectivity index (χ0n) is 10.3. The maximum Gasteiger partial charge on any atom is 0.419 e. The number of rotatable bonds is 3. The lowest BCUT2D eigenvalue weighted by Crippen LogP contribution is -2.37. The van der Waals surface area contributed by atoms with Crippen LogP contribution in [0.15, 0.2) is 27.4 Å². The number of amides is 1. The molecule has 0 aliphatic heterocycles. The van der Waals surface area contributed by atoms with E-state index in [1.165, 1.54) is 4.57 Å². The fraction of sp³-hybridized carbons (Fsp3) is 0.333. The molecular formula is C12H15N3O3. The number of aromatic nitrogens is 1. The molecule has 0 aliphatic rings. The van der Waals surface area contributed by atoms with Crippen LogP contribution in [0.5, 0.6) is 0 Å². The SMILES string of the molecule is CC(N)C(=O)NCc1ccc2c(c1)oc(=O)n2C. The van der Waals surface area contributed by atoms with Crippen LogP contribution in [0.3, 0.4) is 0 Å². The van der Waals surface area contributed by atoms with Crippen molar-refractivity contribution in [3.8, 4) is 0 Å². The molecule has 1 aromatic heterocycles. The van der Waals surface area contributed by atoms with E-state index in [1.54, 1.807) is 26.1 Å². The highest BCUT2D eigenvalue weighted by Crippen LogP contribution is 2.14. The summed E-state index contributed by atoms with van der Waals surface area (Å²) in [5, 5.41) is 2.69. The van der Waals surface area contributed by atoms with Crippen molar-refractivity contribution in [2.24, 2.45) is 12.8 Å². The van der Waals surface area contributed by atoms with Gasteiger partial charge in [0.05, 0.1) is 11.6 Å². The summed E-state index contributed by atoms with van der Waals surface area (Å²) in [7, 11) is 1.64. The molecule has 18 heavy (non-hydrogen) atoms. The Kier molecular flexibility index (Phi) is 3.20. The van der Waals surface area contributed by atoms with Crippen molar-refractivity contribution in [1.29, 1.82) is 0 Å². The number of nitrogens with two attached hydrogens (primary N) is 1. The van der Waals surface area contributed by atoms with Gasteiger partial charge in [0.25, 0.3) is 0 Å². The summed E-state index contributed by atoms with van der Waals surface area (Å²) in [6, 6.07) is 4.81. The fourth-order valence-electron chi connectivity index (χ4n) is 1.64. The third-order valence-corrected chi connectivity index (χ3v) is 2.74. The van der Waals surface area contributed by atoms with Gasteiger partial charge < -0.3 is 15.5 Å². The molecule has 1 atom stereocenters. The monoisotopic (exact) mass is 249 g/mol. The Morgan fingerprint density at radius 1 is 1.56 bits per heavy atom. The van der Waals surface area contributed by atoms with Crippen molar-refractivity contribution >= 4 is 17.0 Å². The quantitative estimate of drug-likeness (QED) is 0.807. The van der Waals surface area contributed by atoms with Gasteiger partial charge in [0.15, 0.2) is 5.58 Å². The van der Waals surface area contributed by atoms with E-state index in [2.05, 4.69) is 5.32 Å². The van der Waals surface area contributed by atoms with Crippen LogP contribution >= 0.6 is 0 Å². The first kappa shape index (κ1) is 12.4. The van der Waals surface area contributed by atoms with E-state index < -0.39 is 11.8 Å². The maximum absolute atomic E-state index is 11.3. The van der Waals surface area contributed by atoms with Gasteiger partial charge in [-0.1, -0.05) is 6.07 Å². The molecule has 0 fully saturated rings. The Morgan fingerprint density at radius 2 is 2.28 bits per heavy atom. The summed E-state index contributed by atoms with van der Waals surface area (Å²) < 4.78 is 6.49. The molecule has 0 radical (unpaired) electrons. The van der Waals surface area contributed by atoms with E-state index in [4.69, 9.17) is 10.2 Å². The van der Waals surface area contributed by atoms with Crippen molar-refractivity contribution in [1.82, 2.24) is 9.88 Å². The first-order chi connectivity index (χ1) is 8.49. The van der Waals surface area contributed by atoms with Crippen LogP contribution in [0.1, 0.15) is 12.5 Å². The highest BCUT2D eigenvalue weighted by Gasteiger charge is 2.09. The number of nitrogens with one attached hydrogen (secondary N) is 1. The van der Waals surface area contributed by atoms with Crippen molar-refractivity contribution in [3.63, 3.8) is 0 Å². The molecule has 2 aromatic rings. The van der Waals surface area contributed by atoms with Crippen LogP contribution in [0.2, 0.25) is 0 Å². The van der Waals surface area contributed by atoms with Gasteiger partial charge in [-0.3, -0.25) is 9.36 Å². The van der Waals surface area contributed by atoms with Crippen molar-refractivity contribution in [2.75, 3.05) is 0 Å². The molecule has 96 valence electrons. The molecule has 0 bridgehead atoms. The highest BCUT2D eigenvalue weighted by molar-refractivity contribution is 5.81. The van der Waals surface area contributed by atoms with E-state index in [1.807, 2.05) is 6.07 Å². The summed E-state index contributed by atoms with van der Waals surface area (Å²) in [5.74, 6) is -0.619. The number of nitrogens with zero attached hydrogens (tertiary/aromatic N) is 1. The normalized spacial score (nSPS) is 12.6. The zero-order chi connectivity index (χ0) is 13.3. The van der Waals surface area contributed by atoms with Gasteiger partial charge in [-0.2, -0.15) is 0 Å². The average Bonchev–Trinajstić information content (AvgIpc) is 2.61. The van der Waals surface area contributed by atoms with E-state index >= 15 is 0 Å². The second-order valence-electron chi connectivity index (χ2n) is 4.24. The van der Waals surface area contributed by atoms with Crippen LogP contribution in [-0.2, 0) is 18.4 Å². The molecule has 3 N–H and O–H groups in total. The number of benzene rings is 1. The lowest BCUT2D eigenvalue weighted by atomic mass is 10.2. The molecular weight excluding hydrogens is 234 g/mol. The van der Waals surface area contributed by atoms with Gasteiger partial charge in [-0.15, -0.1) is 0 Å². The lowest BCUT2D eigenvalue weighted by Gasteiger charge is -2.07.